The Kier molecular flexibility index (Phi) is 4.99. The topological polar surface area (TPSA) is 121 Å². The Hall–Kier alpha value is -3.20. The molecule has 0 unspecified atom stereocenters. The highest BCUT2D eigenvalue weighted by molar-refractivity contribution is 6.31. The van der Waals surface area contributed by atoms with Crippen molar-refractivity contribution >= 4 is 29.2 Å². The van der Waals surface area contributed by atoms with Crippen molar-refractivity contribution in [1.29, 1.82) is 0 Å². The number of carbonyl (C=O) groups is 1. The number of hydrogen-bond acceptors (Lipinski definition) is 7. The number of hydrogen-bond donors (Lipinski definition) is 2. The van der Waals surface area contributed by atoms with Gasteiger partial charge >= 0.3 is 6.09 Å². The highest BCUT2D eigenvalue weighted by atomic mass is 35.5. The van der Waals surface area contributed by atoms with Crippen LogP contribution in [0, 0.1) is 0 Å². The molecule has 3 rings (SSSR count). The van der Waals surface area contributed by atoms with Crippen molar-refractivity contribution in [3.63, 3.8) is 0 Å². The molecule has 9 nitrogen and oxygen atoms in total. The summed E-state index contributed by atoms with van der Waals surface area (Å²) in [5.41, 5.74) is 7.69. The van der Waals surface area contributed by atoms with E-state index in [1.165, 1.54) is 10.9 Å². The molecule has 0 fully saturated rings. The first-order valence-electron chi connectivity index (χ1n) is 7.64. The lowest BCUT2D eigenvalue weighted by Gasteiger charge is -2.15. The maximum absolute atomic E-state index is 12.3. The first-order chi connectivity index (χ1) is 12.5. The van der Waals surface area contributed by atoms with Crippen LogP contribution in [0.15, 0.2) is 36.8 Å². The van der Waals surface area contributed by atoms with E-state index in [0.29, 0.717) is 33.5 Å². The monoisotopic (exact) mass is 373 g/mol. The number of anilines is 2. The van der Waals surface area contributed by atoms with Crippen LogP contribution in [0.4, 0.5) is 16.3 Å². The second-order valence-corrected chi connectivity index (χ2v) is 5.86. The molecule has 26 heavy (non-hydrogen) atoms. The molecule has 0 bridgehead atoms. The van der Waals surface area contributed by atoms with Crippen LogP contribution in [0.1, 0.15) is 18.6 Å². The summed E-state index contributed by atoms with van der Waals surface area (Å²) in [6, 6.07) is 5.00. The van der Waals surface area contributed by atoms with Crippen molar-refractivity contribution in [1.82, 2.24) is 25.0 Å². The van der Waals surface area contributed by atoms with Crippen molar-refractivity contribution in [2.45, 2.75) is 13.0 Å². The largest absolute Gasteiger partial charge is 0.441 e. The lowest BCUT2D eigenvalue weighted by molar-refractivity contribution is 0.121. The summed E-state index contributed by atoms with van der Waals surface area (Å²) < 4.78 is 6.78. The summed E-state index contributed by atoms with van der Waals surface area (Å²) >= 11 is 6.09. The van der Waals surface area contributed by atoms with Gasteiger partial charge in [-0.05, 0) is 25.1 Å². The van der Waals surface area contributed by atoms with Gasteiger partial charge in [0.1, 0.15) is 6.10 Å². The average molecular weight is 374 g/mol. The van der Waals surface area contributed by atoms with Crippen LogP contribution in [0.3, 0.4) is 0 Å². The number of rotatable bonds is 4. The van der Waals surface area contributed by atoms with Gasteiger partial charge in [-0.2, -0.15) is 0 Å². The lowest BCUT2D eigenvalue weighted by atomic mass is 10.2. The molecule has 0 aliphatic rings. The summed E-state index contributed by atoms with van der Waals surface area (Å²) in [5.74, 6) is 0.344. The molecule has 3 N–H and O–H groups in total. The zero-order valence-electron chi connectivity index (χ0n) is 14.0. The molecule has 10 heteroatoms. The molecule has 1 atom stereocenters. The molecule has 3 heterocycles. The van der Waals surface area contributed by atoms with Gasteiger partial charge in [0.05, 0.1) is 22.6 Å². The quantitative estimate of drug-likeness (QED) is 0.721. The number of carbonyl (C=O) groups excluding carboxylic acids is 1. The Balaban J connectivity index is 1.77. The SMILES string of the molecule is C[C@@H](OC(=O)Nc1c(-c2ccc(N)cn2)nnn1C)c1cnccc1Cl. The van der Waals surface area contributed by atoms with Crippen LogP contribution in [-0.2, 0) is 11.8 Å². The number of aromatic nitrogens is 5. The van der Waals surface area contributed by atoms with E-state index in [2.05, 4.69) is 25.6 Å². The van der Waals surface area contributed by atoms with Crippen LogP contribution in [0.5, 0.6) is 0 Å². The number of halogens is 1. The molecule has 3 aromatic heterocycles. The van der Waals surface area contributed by atoms with Crippen LogP contribution < -0.4 is 11.1 Å². The fourth-order valence-electron chi connectivity index (χ4n) is 2.25. The van der Waals surface area contributed by atoms with Gasteiger partial charge in [-0.25, -0.2) is 9.48 Å². The van der Waals surface area contributed by atoms with Gasteiger partial charge in [0.25, 0.3) is 0 Å². The van der Waals surface area contributed by atoms with Crippen LogP contribution >= 0.6 is 11.6 Å². The minimum Gasteiger partial charge on any atom is -0.441 e. The average Bonchev–Trinajstić information content (AvgIpc) is 2.96. The number of nitrogens with one attached hydrogen (secondary N) is 1. The fourth-order valence-corrected chi connectivity index (χ4v) is 2.51. The number of ether oxygens (including phenoxy) is 1. The molecular weight excluding hydrogens is 358 g/mol. The third kappa shape index (κ3) is 3.72. The van der Waals surface area contributed by atoms with Gasteiger partial charge in [-0.15, -0.1) is 5.10 Å². The van der Waals surface area contributed by atoms with Gasteiger partial charge in [-0.3, -0.25) is 15.3 Å². The second kappa shape index (κ2) is 7.36. The third-order valence-electron chi connectivity index (χ3n) is 3.59. The molecular formula is C16H16ClN7O2. The molecule has 1 amide bonds. The zero-order chi connectivity index (χ0) is 18.7. The van der Waals surface area contributed by atoms with E-state index in [0.717, 1.165) is 0 Å². The minimum atomic E-state index is -0.681. The minimum absolute atomic E-state index is 0.344. The number of nitrogen functional groups attached to an aromatic ring is 1. The number of aryl methyl sites for hydroxylation is 1. The van der Waals surface area contributed by atoms with E-state index in [4.69, 9.17) is 22.1 Å². The molecule has 134 valence electrons. The highest BCUT2D eigenvalue weighted by Crippen LogP contribution is 2.26. The van der Waals surface area contributed by atoms with Gasteiger partial charge in [-0.1, -0.05) is 16.8 Å². The number of nitrogens with zero attached hydrogens (tertiary/aromatic N) is 5. The zero-order valence-corrected chi connectivity index (χ0v) is 14.8. The Bertz CT molecular complexity index is 927. The van der Waals surface area contributed by atoms with Crippen LogP contribution in [0.2, 0.25) is 5.02 Å². The summed E-state index contributed by atoms with van der Waals surface area (Å²) in [4.78, 5) is 20.5. The second-order valence-electron chi connectivity index (χ2n) is 5.46. The third-order valence-corrected chi connectivity index (χ3v) is 3.94. The molecule has 0 aliphatic carbocycles. The number of pyridine rings is 2. The summed E-state index contributed by atoms with van der Waals surface area (Å²) in [7, 11) is 1.64. The first-order valence-corrected chi connectivity index (χ1v) is 8.02. The van der Waals surface area contributed by atoms with Gasteiger partial charge in [0.15, 0.2) is 11.5 Å². The van der Waals surface area contributed by atoms with Gasteiger partial charge in [0, 0.05) is 25.0 Å². The molecule has 0 aliphatic heterocycles. The van der Waals surface area contributed by atoms with Gasteiger partial charge in [0.2, 0.25) is 0 Å². The van der Waals surface area contributed by atoms with Gasteiger partial charge < -0.3 is 10.5 Å². The van der Waals surface area contributed by atoms with Crippen molar-refractivity contribution in [3.05, 3.63) is 47.4 Å². The molecule has 0 aromatic carbocycles. The van der Waals surface area contributed by atoms with Crippen LogP contribution in [-0.4, -0.2) is 31.1 Å². The first kappa shape index (κ1) is 17.6. The van der Waals surface area contributed by atoms with Crippen molar-refractivity contribution in [2.24, 2.45) is 7.05 Å². The van der Waals surface area contributed by atoms with Crippen molar-refractivity contribution in [2.75, 3.05) is 11.1 Å². The normalized spacial score (nSPS) is 11.8. The number of nitrogens with two attached hydrogens (primary N) is 1. The Morgan fingerprint density at radius 1 is 1.35 bits per heavy atom. The summed E-state index contributed by atoms with van der Waals surface area (Å²) in [6.07, 6.45) is 3.34. The molecule has 0 saturated heterocycles. The maximum Gasteiger partial charge on any atom is 0.413 e. The van der Waals surface area contributed by atoms with Crippen molar-refractivity contribution < 1.29 is 9.53 Å². The lowest BCUT2D eigenvalue weighted by Crippen LogP contribution is -2.18. The standard InChI is InChI=1S/C16H16ClN7O2/c1-9(11-8-19-6-5-12(11)17)26-16(25)21-15-14(22-23-24(15)2)13-4-3-10(18)7-20-13/h3-9H,18H2,1-2H3,(H,21,25)/t9-/m1/s1. The van der Waals surface area contributed by atoms with E-state index < -0.39 is 12.2 Å². The smallest absolute Gasteiger partial charge is 0.413 e. The maximum atomic E-state index is 12.3. The summed E-state index contributed by atoms with van der Waals surface area (Å²) in [5, 5.41) is 11.0. The van der Waals surface area contributed by atoms with E-state index in [9.17, 15) is 4.79 Å². The van der Waals surface area contributed by atoms with Crippen LogP contribution in [0.25, 0.3) is 11.4 Å². The van der Waals surface area contributed by atoms with E-state index in [-0.39, 0.29) is 0 Å². The number of amides is 1. The molecule has 3 aromatic rings. The van der Waals surface area contributed by atoms with E-state index in [1.807, 2.05) is 0 Å². The van der Waals surface area contributed by atoms with E-state index >= 15 is 0 Å². The fraction of sp³-hybridized carbons (Fsp3) is 0.188. The summed E-state index contributed by atoms with van der Waals surface area (Å²) in [6.45, 7) is 1.70. The Morgan fingerprint density at radius 3 is 2.85 bits per heavy atom. The predicted octanol–water partition coefficient (Wildman–Crippen LogP) is 2.82. The van der Waals surface area contributed by atoms with E-state index in [1.54, 1.807) is 44.6 Å². The highest BCUT2D eigenvalue weighted by Gasteiger charge is 2.20. The van der Waals surface area contributed by atoms with Crippen molar-refractivity contribution in [3.8, 4) is 11.4 Å². The molecule has 0 radical (unpaired) electrons. The Labute approximate surface area is 154 Å². The molecule has 0 spiro atoms. The molecule has 0 saturated carbocycles. The predicted molar refractivity (Wildman–Crippen MR) is 96.4 cm³/mol. The Morgan fingerprint density at radius 2 is 2.15 bits per heavy atom.